The molecule has 1 nitrogen and oxygen atoms in total. The standard InChI is InChI=1S/C26H19OPS/c1-16-17(2)24-20-13-7-9-15-22(20)29-26(24)25-23(16)19-12-6-8-14-21(19)28(25,27)18-10-4-3-5-11-18/h3-15H,1-2H3. The van der Waals surface area contributed by atoms with Gasteiger partial charge in [-0.1, -0.05) is 72.8 Å². The topological polar surface area (TPSA) is 17.1 Å². The van der Waals surface area contributed by atoms with Crippen molar-refractivity contribution in [1.82, 2.24) is 0 Å². The lowest BCUT2D eigenvalue weighted by atomic mass is 9.94. The molecule has 1 atom stereocenters. The molecule has 140 valence electrons. The summed E-state index contributed by atoms with van der Waals surface area (Å²) in [7, 11) is -2.94. The van der Waals surface area contributed by atoms with E-state index >= 15 is 4.57 Å². The van der Waals surface area contributed by atoms with Crippen molar-refractivity contribution in [1.29, 1.82) is 0 Å². The lowest BCUT2D eigenvalue weighted by molar-refractivity contribution is 0.593. The molecule has 1 aromatic heterocycles. The van der Waals surface area contributed by atoms with E-state index < -0.39 is 7.14 Å². The van der Waals surface area contributed by atoms with Crippen LogP contribution in [0.1, 0.15) is 11.1 Å². The monoisotopic (exact) mass is 410 g/mol. The number of hydrogen-bond donors (Lipinski definition) is 0. The normalized spacial score (nSPS) is 17.6. The van der Waals surface area contributed by atoms with E-state index in [0.29, 0.717) is 0 Å². The SMILES string of the molecule is Cc1c2c(c3sc4ccccc4c3c1C)P(=O)(c1ccccc1)c1ccccc1-2. The van der Waals surface area contributed by atoms with Crippen LogP contribution in [0, 0.1) is 13.8 Å². The molecule has 1 aliphatic rings. The quantitative estimate of drug-likeness (QED) is 0.291. The average molecular weight is 410 g/mol. The van der Waals surface area contributed by atoms with E-state index in [1.54, 1.807) is 11.3 Å². The lowest BCUT2D eigenvalue weighted by Crippen LogP contribution is -2.21. The summed E-state index contributed by atoms with van der Waals surface area (Å²) in [5.41, 5.74) is 4.86. The predicted molar refractivity (Wildman–Crippen MR) is 127 cm³/mol. The molecule has 29 heavy (non-hydrogen) atoms. The zero-order chi connectivity index (χ0) is 19.8. The summed E-state index contributed by atoms with van der Waals surface area (Å²) in [5.74, 6) is 0. The van der Waals surface area contributed by atoms with E-state index in [9.17, 15) is 0 Å². The smallest absolute Gasteiger partial charge is 0.173 e. The van der Waals surface area contributed by atoms with Crippen molar-refractivity contribution < 1.29 is 4.57 Å². The van der Waals surface area contributed by atoms with Gasteiger partial charge in [0, 0.05) is 36.1 Å². The van der Waals surface area contributed by atoms with Gasteiger partial charge in [0.1, 0.15) is 0 Å². The highest BCUT2D eigenvalue weighted by atomic mass is 32.1. The van der Waals surface area contributed by atoms with Crippen molar-refractivity contribution in [2.45, 2.75) is 13.8 Å². The molecule has 1 aliphatic heterocycles. The Bertz CT molecular complexity index is 1490. The average Bonchev–Trinajstić information content (AvgIpc) is 3.27. The van der Waals surface area contributed by atoms with E-state index in [2.05, 4.69) is 56.3 Å². The number of rotatable bonds is 1. The van der Waals surface area contributed by atoms with Crippen LogP contribution in [0.25, 0.3) is 31.3 Å². The van der Waals surface area contributed by atoms with Crippen LogP contribution in [-0.2, 0) is 4.57 Å². The molecular formula is C26H19OPS. The van der Waals surface area contributed by atoms with Crippen LogP contribution in [0.15, 0.2) is 78.9 Å². The third kappa shape index (κ3) is 2.08. The van der Waals surface area contributed by atoms with Gasteiger partial charge in [0.25, 0.3) is 0 Å². The Kier molecular flexibility index (Phi) is 3.51. The van der Waals surface area contributed by atoms with Gasteiger partial charge in [-0.15, -0.1) is 11.3 Å². The van der Waals surface area contributed by atoms with Crippen molar-refractivity contribution in [3.05, 3.63) is 90.0 Å². The minimum atomic E-state index is -2.94. The summed E-state index contributed by atoms with van der Waals surface area (Å²) < 4.78 is 17.5. The fraction of sp³-hybridized carbons (Fsp3) is 0.0769. The zero-order valence-electron chi connectivity index (χ0n) is 16.3. The van der Waals surface area contributed by atoms with E-state index in [1.165, 1.54) is 36.9 Å². The summed E-state index contributed by atoms with van der Waals surface area (Å²) in [5, 5.41) is 5.49. The summed E-state index contributed by atoms with van der Waals surface area (Å²) in [6, 6.07) is 26.9. The Labute approximate surface area is 174 Å². The first-order valence-corrected chi connectivity index (χ1v) is 12.4. The van der Waals surface area contributed by atoms with Crippen molar-refractivity contribution in [2.24, 2.45) is 0 Å². The summed E-state index contributed by atoms with van der Waals surface area (Å²) in [6.07, 6.45) is 0. The first kappa shape index (κ1) is 17.2. The molecular weight excluding hydrogens is 391 g/mol. The Morgan fingerprint density at radius 1 is 0.759 bits per heavy atom. The Morgan fingerprint density at radius 3 is 2.28 bits per heavy atom. The maximum Gasteiger partial charge on any atom is 0.173 e. The largest absolute Gasteiger partial charge is 0.309 e. The van der Waals surface area contributed by atoms with Crippen LogP contribution in [0.3, 0.4) is 0 Å². The number of aryl methyl sites for hydroxylation is 1. The molecule has 1 unspecified atom stereocenters. The Balaban J connectivity index is 1.90. The molecule has 6 rings (SSSR count). The van der Waals surface area contributed by atoms with Gasteiger partial charge in [0.05, 0.1) is 0 Å². The van der Waals surface area contributed by atoms with Crippen LogP contribution in [0.4, 0.5) is 0 Å². The van der Waals surface area contributed by atoms with E-state index in [-0.39, 0.29) is 0 Å². The van der Waals surface area contributed by atoms with Crippen molar-refractivity contribution >= 4 is 54.6 Å². The Morgan fingerprint density at radius 2 is 1.45 bits per heavy atom. The summed E-state index contributed by atoms with van der Waals surface area (Å²) in [4.78, 5) is 0. The van der Waals surface area contributed by atoms with Crippen molar-refractivity contribution in [3.8, 4) is 11.1 Å². The summed E-state index contributed by atoms with van der Waals surface area (Å²) in [6.45, 7) is 4.41. The fourth-order valence-corrected chi connectivity index (χ4v) is 9.79. The molecule has 4 aromatic carbocycles. The second-order valence-electron chi connectivity index (χ2n) is 7.74. The molecule has 3 heteroatoms. The lowest BCUT2D eigenvalue weighted by Gasteiger charge is -2.18. The predicted octanol–water partition coefficient (Wildman–Crippen LogP) is 6.29. The van der Waals surface area contributed by atoms with Crippen LogP contribution < -0.4 is 15.9 Å². The molecule has 2 heterocycles. The van der Waals surface area contributed by atoms with Gasteiger partial charge < -0.3 is 4.57 Å². The van der Waals surface area contributed by atoms with Crippen LogP contribution in [-0.4, -0.2) is 0 Å². The van der Waals surface area contributed by atoms with E-state index in [4.69, 9.17) is 0 Å². The van der Waals surface area contributed by atoms with Gasteiger partial charge in [0.2, 0.25) is 0 Å². The molecule has 0 bridgehead atoms. The molecule has 0 amide bonds. The van der Waals surface area contributed by atoms with Gasteiger partial charge in [-0.3, -0.25) is 0 Å². The van der Waals surface area contributed by atoms with Gasteiger partial charge in [0.15, 0.2) is 7.14 Å². The second kappa shape index (κ2) is 5.92. The van der Waals surface area contributed by atoms with Crippen LogP contribution >= 0.6 is 18.5 Å². The van der Waals surface area contributed by atoms with E-state index in [1.807, 2.05) is 36.4 Å². The highest BCUT2D eigenvalue weighted by Crippen LogP contribution is 2.57. The van der Waals surface area contributed by atoms with Gasteiger partial charge in [-0.25, -0.2) is 0 Å². The highest BCUT2D eigenvalue weighted by molar-refractivity contribution is 7.87. The minimum absolute atomic E-state index is 0.924. The van der Waals surface area contributed by atoms with Gasteiger partial charge in [-0.05, 0) is 42.2 Å². The molecule has 0 saturated heterocycles. The first-order chi connectivity index (χ1) is 14.1. The maximum absolute atomic E-state index is 15.0. The zero-order valence-corrected chi connectivity index (χ0v) is 18.0. The second-order valence-corrected chi connectivity index (χ2v) is 11.5. The number of benzene rings is 4. The number of fused-ring (bicyclic) bond motifs is 7. The third-order valence-corrected chi connectivity index (χ3v) is 10.8. The van der Waals surface area contributed by atoms with Gasteiger partial charge >= 0.3 is 0 Å². The van der Waals surface area contributed by atoms with Crippen LogP contribution in [0.2, 0.25) is 0 Å². The molecule has 5 aromatic rings. The van der Waals surface area contributed by atoms with Crippen molar-refractivity contribution in [2.75, 3.05) is 0 Å². The Hall–Kier alpha value is -2.67. The fourth-order valence-electron chi connectivity index (χ4n) is 4.87. The molecule has 0 spiro atoms. The van der Waals surface area contributed by atoms with Crippen molar-refractivity contribution in [3.63, 3.8) is 0 Å². The highest BCUT2D eigenvalue weighted by Gasteiger charge is 2.43. The third-order valence-electron chi connectivity index (χ3n) is 6.31. The number of thiophene rings is 1. The molecule has 0 saturated carbocycles. The molecule has 0 fully saturated rings. The first-order valence-electron chi connectivity index (χ1n) is 9.83. The minimum Gasteiger partial charge on any atom is -0.309 e. The molecule has 0 radical (unpaired) electrons. The number of hydrogen-bond acceptors (Lipinski definition) is 2. The molecule has 0 N–H and O–H groups in total. The van der Waals surface area contributed by atoms with E-state index in [0.717, 1.165) is 21.5 Å². The molecule has 0 aliphatic carbocycles. The summed E-state index contributed by atoms with van der Waals surface area (Å²) >= 11 is 1.79. The van der Waals surface area contributed by atoms with Gasteiger partial charge in [-0.2, -0.15) is 0 Å². The van der Waals surface area contributed by atoms with Crippen LogP contribution in [0.5, 0.6) is 0 Å². The maximum atomic E-state index is 15.0.